The molecule has 1 rings (SSSR count). The van der Waals surface area contributed by atoms with Crippen molar-refractivity contribution in [1.29, 1.82) is 0 Å². The minimum atomic E-state index is -2.61. The van der Waals surface area contributed by atoms with E-state index >= 15 is 0 Å². The van der Waals surface area contributed by atoms with Gasteiger partial charge < -0.3 is 5.11 Å². The lowest BCUT2D eigenvalue weighted by molar-refractivity contribution is 0.151. The standard InChI is InChI=1S/C10H11ClF2O/c1-5(2)8-7(14)4-3-6(9(8)11)10(12)13/h3-5,10,14H,1-2H3. The molecule has 14 heavy (non-hydrogen) atoms. The van der Waals surface area contributed by atoms with Gasteiger partial charge in [0, 0.05) is 11.1 Å². The van der Waals surface area contributed by atoms with Crippen LogP contribution in [0.3, 0.4) is 0 Å². The van der Waals surface area contributed by atoms with Crippen LogP contribution < -0.4 is 0 Å². The van der Waals surface area contributed by atoms with Gasteiger partial charge in [-0.2, -0.15) is 0 Å². The molecule has 1 aromatic carbocycles. The fourth-order valence-electron chi connectivity index (χ4n) is 1.32. The molecule has 1 nitrogen and oxygen atoms in total. The highest BCUT2D eigenvalue weighted by molar-refractivity contribution is 6.32. The van der Waals surface area contributed by atoms with Gasteiger partial charge in [-0.1, -0.05) is 25.4 Å². The number of halogens is 3. The summed E-state index contributed by atoms with van der Waals surface area (Å²) >= 11 is 5.76. The van der Waals surface area contributed by atoms with Crippen molar-refractivity contribution in [3.8, 4) is 5.75 Å². The van der Waals surface area contributed by atoms with Crippen LogP contribution in [-0.2, 0) is 0 Å². The molecule has 0 saturated heterocycles. The Balaban J connectivity index is 3.34. The maximum atomic E-state index is 12.4. The van der Waals surface area contributed by atoms with Gasteiger partial charge in [0.05, 0.1) is 5.02 Å². The smallest absolute Gasteiger partial charge is 0.265 e. The summed E-state index contributed by atoms with van der Waals surface area (Å²) in [5.74, 6) is -0.115. The third kappa shape index (κ3) is 1.98. The number of hydrogen-bond acceptors (Lipinski definition) is 1. The van der Waals surface area contributed by atoms with E-state index in [1.54, 1.807) is 13.8 Å². The number of alkyl halides is 2. The van der Waals surface area contributed by atoms with Gasteiger partial charge in [-0.05, 0) is 18.1 Å². The van der Waals surface area contributed by atoms with Crippen LogP contribution in [0.2, 0.25) is 5.02 Å². The molecule has 0 radical (unpaired) electrons. The van der Waals surface area contributed by atoms with Gasteiger partial charge in [0.15, 0.2) is 0 Å². The lowest BCUT2D eigenvalue weighted by Crippen LogP contribution is -1.95. The number of phenolic OH excluding ortho intramolecular Hbond substituents is 1. The van der Waals surface area contributed by atoms with Crippen molar-refractivity contribution in [3.05, 3.63) is 28.3 Å². The van der Waals surface area contributed by atoms with Gasteiger partial charge in [-0.25, -0.2) is 8.78 Å². The number of rotatable bonds is 2. The molecule has 0 amide bonds. The maximum Gasteiger partial charge on any atom is 0.265 e. The summed E-state index contributed by atoms with van der Waals surface area (Å²) < 4.78 is 24.9. The Kier molecular flexibility index (Phi) is 3.32. The predicted octanol–water partition coefficient (Wildman–Crippen LogP) is 4.11. The lowest BCUT2D eigenvalue weighted by atomic mass is 9.99. The van der Waals surface area contributed by atoms with E-state index in [0.717, 1.165) is 6.07 Å². The average Bonchev–Trinajstić information content (AvgIpc) is 2.02. The van der Waals surface area contributed by atoms with E-state index in [1.807, 2.05) is 0 Å². The molecule has 1 N–H and O–H groups in total. The summed E-state index contributed by atoms with van der Waals surface area (Å²) in [5.41, 5.74) is 0.151. The summed E-state index contributed by atoms with van der Waals surface area (Å²) in [6.07, 6.45) is -2.61. The van der Waals surface area contributed by atoms with Crippen molar-refractivity contribution in [2.75, 3.05) is 0 Å². The molecule has 0 aliphatic heterocycles. The minimum Gasteiger partial charge on any atom is -0.508 e. The molecule has 0 atom stereocenters. The fraction of sp³-hybridized carbons (Fsp3) is 0.400. The summed E-state index contributed by atoms with van der Waals surface area (Å²) in [7, 11) is 0. The highest BCUT2D eigenvalue weighted by Gasteiger charge is 2.19. The monoisotopic (exact) mass is 220 g/mol. The third-order valence-corrected chi connectivity index (χ3v) is 2.42. The van der Waals surface area contributed by atoms with Crippen LogP contribution in [0.5, 0.6) is 5.75 Å². The molecule has 0 bridgehead atoms. The predicted molar refractivity (Wildman–Crippen MR) is 52.2 cm³/mol. The molecule has 0 aliphatic rings. The zero-order valence-corrected chi connectivity index (χ0v) is 8.65. The van der Waals surface area contributed by atoms with Gasteiger partial charge in [-0.3, -0.25) is 0 Å². The van der Waals surface area contributed by atoms with E-state index < -0.39 is 6.43 Å². The van der Waals surface area contributed by atoms with E-state index in [1.165, 1.54) is 6.07 Å². The molecule has 0 aromatic heterocycles. The second-order valence-corrected chi connectivity index (χ2v) is 3.73. The molecule has 0 fully saturated rings. The first-order valence-corrected chi connectivity index (χ1v) is 4.62. The lowest BCUT2D eigenvalue weighted by Gasteiger charge is -2.13. The van der Waals surface area contributed by atoms with Gasteiger partial charge in [0.1, 0.15) is 5.75 Å². The van der Waals surface area contributed by atoms with Gasteiger partial charge in [-0.15, -0.1) is 0 Å². The number of aromatic hydroxyl groups is 1. The Morgan fingerprint density at radius 1 is 1.29 bits per heavy atom. The van der Waals surface area contributed by atoms with E-state index in [9.17, 15) is 13.9 Å². The third-order valence-electron chi connectivity index (χ3n) is 2.00. The largest absolute Gasteiger partial charge is 0.508 e. The fourth-order valence-corrected chi connectivity index (χ4v) is 1.78. The van der Waals surface area contributed by atoms with Crippen molar-refractivity contribution < 1.29 is 13.9 Å². The van der Waals surface area contributed by atoms with Crippen molar-refractivity contribution in [2.24, 2.45) is 0 Å². The summed E-state index contributed by atoms with van der Waals surface area (Å²) in [6, 6.07) is 2.40. The normalized spacial score (nSPS) is 11.4. The van der Waals surface area contributed by atoms with Crippen LogP contribution in [0.15, 0.2) is 12.1 Å². The van der Waals surface area contributed by atoms with Gasteiger partial charge in [0.2, 0.25) is 0 Å². The Bertz CT molecular complexity index is 337. The van der Waals surface area contributed by atoms with Gasteiger partial charge in [0.25, 0.3) is 6.43 Å². The number of hydrogen-bond donors (Lipinski definition) is 1. The highest BCUT2D eigenvalue weighted by Crippen LogP contribution is 2.38. The van der Waals surface area contributed by atoms with Crippen LogP contribution in [0.1, 0.15) is 37.3 Å². The van der Waals surface area contributed by atoms with Crippen molar-refractivity contribution in [3.63, 3.8) is 0 Å². The van der Waals surface area contributed by atoms with Crippen LogP contribution in [0.4, 0.5) is 8.78 Å². The summed E-state index contributed by atoms with van der Waals surface area (Å²) in [6.45, 7) is 3.58. The van der Waals surface area contributed by atoms with E-state index in [4.69, 9.17) is 11.6 Å². The molecule has 0 spiro atoms. The Hall–Kier alpha value is -0.830. The topological polar surface area (TPSA) is 20.2 Å². The minimum absolute atomic E-state index is 0.0324. The number of benzene rings is 1. The molecule has 0 heterocycles. The van der Waals surface area contributed by atoms with Crippen molar-refractivity contribution in [2.45, 2.75) is 26.2 Å². The van der Waals surface area contributed by atoms with Crippen LogP contribution in [0, 0.1) is 0 Å². The van der Waals surface area contributed by atoms with Crippen LogP contribution in [-0.4, -0.2) is 5.11 Å². The van der Waals surface area contributed by atoms with Crippen molar-refractivity contribution in [1.82, 2.24) is 0 Å². The Labute approximate surface area is 86.3 Å². The Morgan fingerprint density at radius 2 is 1.86 bits per heavy atom. The highest BCUT2D eigenvalue weighted by atomic mass is 35.5. The van der Waals surface area contributed by atoms with E-state index in [0.29, 0.717) is 5.56 Å². The molecular formula is C10H11ClF2O. The number of phenols is 1. The Morgan fingerprint density at radius 3 is 2.29 bits per heavy atom. The summed E-state index contributed by atoms with van der Waals surface area (Å²) in [4.78, 5) is 0. The first-order valence-electron chi connectivity index (χ1n) is 4.24. The SMILES string of the molecule is CC(C)c1c(O)ccc(C(F)F)c1Cl. The zero-order chi connectivity index (χ0) is 10.9. The molecule has 4 heteroatoms. The maximum absolute atomic E-state index is 12.4. The molecule has 0 unspecified atom stereocenters. The van der Waals surface area contributed by atoms with Crippen LogP contribution >= 0.6 is 11.6 Å². The average molecular weight is 221 g/mol. The molecular weight excluding hydrogens is 210 g/mol. The zero-order valence-electron chi connectivity index (χ0n) is 7.89. The quantitative estimate of drug-likeness (QED) is 0.795. The first-order chi connectivity index (χ1) is 6.45. The van der Waals surface area contributed by atoms with E-state index in [-0.39, 0.29) is 22.3 Å². The second kappa shape index (κ2) is 4.13. The molecule has 1 aromatic rings. The van der Waals surface area contributed by atoms with E-state index in [2.05, 4.69) is 0 Å². The van der Waals surface area contributed by atoms with Crippen molar-refractivity contribution >= 4 is 11.6 Å². The first kappa shape index (κ1) is 11.2. The molecule has 0 aliphatic carbocycles. The van der Waals surface area contributed by atoms with Gasteiger partial charge >= 0.3 is 0 Å². The molecule has 0 saturated carbocycles. The van der Waals surface area contributed by atoms with Crippen LogP contribution in [0.25, 0.3) is 0 Å². The summed E-state index contributed by atoms with van der Waals surface area (Å²) in [5, 5.41) is 9.41. The second-order valence-electron chi connectivity index (χ2n) is 3.36. The molecule has 78 valence electrons.